The zero-order valence-electron chi connectivity index (χ0n) is 12.0. The number of urea groups is 1. The van der Waals surface area contributed by atoms with Gasteiger partial charge in [-0.1, -0.05) is 0 Å². The quantitative estimate of drug-likeness (QED) is 0.830. The van der Waals surface area contributed by atoms with Gasteiger partial charge in [-0.25, -0.2) is 4.79 Å². The minimum absolute atomic E-state index is 0.0843. The average molecular weight is 347 g/mol. The lowest BCUT2D eigenvalue weighted by molar-refractivity contribution is 0.173. The van der Waals surface area contributed by atoms with Crippen LogP contribution in [0.5, 0.6) is 11.5 Å². The number of rotatable bonds is 6. The Morgan fingerprint density at radius 2 is 1.85 bits per heavy atom. The number of hydrogen-bond donors (Lipinski definition) is 2. The largest absolute Gasteiger partial charge is 0.493 e. The fourth-order valence-corrected chi connectivity index (χ4v) is 2.05. The van der Waals surface area contributed by atoms with Crippen molar-refractivity contribution < 1.29 is 19.0 Å². The Balaban J connectivity index is 2.79. The molecule has 1 unspecified atom stereocenters. The number of halogens is 1. The number of anilines is 1. The predicted octanol–water partition coefficient (Wildman–Crippen LogP) is 2.62. The van der Waals surface area contributed by atoms with Gasteiger partial charge in [0, 0.05) is 23.7 Å². The topological polar surface area (TPSA) is 68.8 Å². The third kappa shape index (κ3) is 4.57. The molecule has 6 nitrogen and oxygen atoms in total. The average Bonchev–Trinajstić information content (AvgIpc) is 2.40. The van der Waals surface area contributed by atoms with Crippen LogP contribution in [0.4, 0.5) is 10.5 Å². The maximum Gasteiger partial charge on any atom is 0.319 e. The lowest BCUT2D eigenvalue weighted by Crippen LogP contribution is -2.38. The highest BCUT2D eigenvalue weighted by Gasteiger charge is 2.13. The lowest BCUT2D eigenvalue weighted by Gasteiger charge is -2.16. The monoisotopic (exact) mass is 346 g/mol. The van der Waals surface area contributed by atoms with Crippen LogP contribution in [0.25, 0.3) is 0 Å². The zero-order valence-corrected chi connectivity index (χ0v) is 13.5. The molecule has 2 amide bonds. The highest BCUT2D eigenvalue weighted by Crippen LogP contribution is 2.36. The maximum atomic E-state index is 11.8. The van der Waals surface area contributed by atoms with Gasteiger partial charge < -0.3 is 24.8 Å². The van der Waals surface area contributed by atoms with E-state index < -0.39 is 0 Å². The van der Waals surface area contributed by atoms with Crippen LogP contribution in [0.2, 0.25) is 0 Å². The van der Waals surface area contributed by atoms with E-state index in [2.05, 4.69) is 26.6 Å². The van der Waals surface area contributed by atoms with Gasteiger partial charge in [0.05, 0.1) is 32.6 Å². The van der Waals surface area contributed by atoms with E-state index in [4.69, 9.17) is 14.2 Å². The molecule has 0 spiro atoms. The molecule has 0 bridgehead atoms. The molecule has 0 saturated carbocycles. The summed E-state index contributed by atoms with van der Waals surface area (Å²) in [6.45, 7) is 2.30. The van der Waals surface area contributed by atoms with Crippen LogP contribution < -0.4 is 20.1 Å². The number of amides is 2. The minimum Gasteiger partial charge on any atom is -0.493 e. The molecule has 0 aromatic heterocycles. The molecular formula is C13H19BrN2O4. The van der Waals surface area contributed by atoms with Crippen molar-refractivity contribution in [2.24, 2.45) is 0 Å². The first-order chi connectivity index (χ1) is 9.51. The predicted molar refractivity (Wildman–Crippen MR) is 80.7 cm³/mol. The molecule has 1 aromatic rings. The number of methoxy groups -OCH3 is 3. The number of ether oxygens (including phenoxy) is 3. The first-order valence-corrected chi connectivity index (χ1v) is 6.79. The second kappa shape index (κ2) is 7.96. The van der Waals surface area contributed by atoms with E-state index in [1.807, 2.05) is 6.92 Å². The Labute approximate surface area is 126 Å². The summed E-state index contributed by atoms with van der Waals surface area (Å²) in [4.78, 5) is 11.8. The van der Waals surface area contributed by atoms with Gasteiger partial charge in [-0.15, -0.1) is 0 Å². The molecule has 0 radical (unpaired) electrons. The fourth-order valence-electron chi connectivity index (χ4n) is 1.62. The Morgan fingerprint density at radius 3 is 2.40 bits per heavy atom. The fraction of sp³-hybridized carbons (Fsp3) is 0.462. The molecule has 0 aliphatic carbocycles. The van der Waals surface area contributed by atoms with Crippen LogP contribution in [-0.4, -0.2) is 40.0 Å². The van der Waals surface area contributed by atoms with Gasteiger partial charge in [0.15, 0.2) is 11.5 Å². The summed E-state index contributed by atoms with van der Waals surface area (Å²) in [5.41, 5.74) is 0.588. The van der Waals surface area contributed by atoms with E-state index in [9.17, 15) is 4.79 Å². The normalized spacial score (nSPS) is 11.7. The van der Waals surface area contributed by atoms with Crippen molar-refractivity contribution in [1.29, 1.82) is 0 Å². The van der Waals surface area contributed by atoms with Gasteiger partial charge in [-0.3, -0.25) is 0 Å². The summed E-state index contributed by atoms with van der Waals surface area (Å²) < 4.78 is 16.0. The van der Waals surface area contributed by atoms with E-state index >= 15 is 0 Å². The molecule has 112 valence electrons. The van der Waals surface area contributed by atoms with E-state index in [0.717, 1.165) is 0 Å². The molecule has 1 aromatic carbocycles. The van der Waals surface area contributed by atoms with Crippen molar-refractivity contribution in [2.75, 3.05) is 33.3 Å². The number of carbonyl (C=O) groups excluding carboxylic acids is 1. The molecule has 1 atom stereocenters. The van der Waals surface area contributed by atoms with Gasteiger partial charge >= 0.3 is 6.03 Å². The third-order valence-electron chi connectivity index (χ3n) is 2.52. The van der Waals surface area contributed by atoms with Crippen LogP contribution in [0.3, 0.4) is 0 Å². The highest BCUT2D eigenvalue weighted by atomic mass is 79.9. The first kappa shape index (κ1) is 16.6. The first-order valence-electron chi connectivity index (χ1n) is 5.99. The molecule has 0 heterocycles. The molecule has 0 saturated heterocycles. The van der Waals surface area contributed by atoms with Crippen molar-refractivity contribution in [1.82, 2.24) is 5.32 Å². The van der Waals surface area contributed by atoms with Gasteiger partial charge in [0.2, 0.25) is 0 Å². The van der Waals surface area contributed by atoms with Gasteiger partial charge in [0.1, 0.15) is 0 Å². The number of nitrogens with one attached hydrogen (secondary N) is 2. The summed E-state index contributed by atoms with van der Waals surface area (Å²) in [6, 6.07) is 3.01. The lowest BCUT2D eigenvalue weighted by atomic mass is 10.2. The number of hydrogen-bond acceptors (Lipinski definition) is 4. The third-order valence-corrected chi connectivity index (χ3v) is 3.17. The molecule has 2 N–H and O–H groups in total. The summed E-state index contributed by atoms with van der Waals surface area (Å²) in [7, 11) is 4.67. The standard InChI is InChI=1S/C13H19BrN2O4/c1-8(7-18-2)15-13(17)16-10-6-12(20-4)11(19-3)5-9(10)14/h5-6,8H,7H2,1-4H3,(H2,15,16,17). The molecule has 1 rings (SSSR count). The Bertz CT molecular complexity index is 468. The second-order valence-corrected chi connectivity index (χ2v) is 5.00. The number of carbonyl (C=O) groups is 1. The zero-order chi connectivity index (χ0) is 15.1. The number of benzene rings is 1. The minimum atomic E-state index is -0.317. The van der Waals surface area contributed by atoms with E-state index in [1.54, 1.807) is 26.4 Å². The molecule has 20 heavy (non-hydrogen) atoms. The molecular weight excluding hydrogens is 328 g/mol. The Kier molecular flexibility index (Phi) is 6.60. The summed E-state index contributed by atoms with van der Waals surface area (Å²) >= 11 is 3.37. The Hall–Kier alpha value is -1.47. The molecule has 0 aliphatic heterocycles. The maximum absolute atomic E-state index is 11.8. The van der Waals surface area contributed by atoms with Gasteiger partial charge in [-0.2, -0.15) is 0 Å². The molecule has 0 aliphatic rings. The van der Waals surface area contributed by atoms with Crippen LogP contribution in [0.15, 0.2) is 16.6 Å². The van der Waals surface area contributed by atoms with Gasteiger partial charge in [0.25, 0.3) is 0 Å². The van der Waals surface area contributed by atoms with Crippen LogP contribution in [0, 0.1) is 0 Å². The van der Waals surface area contributed by atoms with Crippen molar-refractivity contribution in [3.8, 4) is 11.5 Å². The smallest absolute Gasteiger partial charge is 0.319 e. The van der Waals surface area contributed by atoms with E-state index in [1.165, 1.54) is 7.11 Å². The van der Waals surface area contributed by atoms with Crippen molar-refractivity contribution in [3.05, 3.63) is 16.6 Å². The highest BCUT2D eigenvalue weighted by molar-refractivity contribution is 9.10. The van der Waals surface area contributed by atoms with Crippen LogP contribution in [0.1, 0.15) is 6.92 Å². The molecule has 7 heteroatoms. The molecule has 0 fully saturated rings. The summed E-state index contributed by atoms with van der Waals surface area (Å²) in [5, 5.41) is 5.49. The van der Waals surface area contributed by atoms with Crippen molar-refractivity contribution >= 4 is 27.6 Å². The summed E-state index contributed by atoms with van der Waals surface area (Å²) in [5.74, 6) is 1.12. The van der Waals surface area contributed by atoms with Crippen molar-refractivity contribution in [2.45, 2.75) is 13.0 Å². The van der Waals surface area contributed by atoms with Crippen LogP contribution in [-0.2, 0) is 4.74 Å². The van der Waals surface area contributed by atoms with E-state index in [0.29, 0.717) is 28.3 Å². The van der Waals surface area contributed by atoms with E-state index in [-0.39, 0.29) is 12.1 Å². The van der Waals surface area contributed by atoms with Gasteiger partial charge in [-0.05, 0) is 22.9 Å². The van der Waals surface area contributed by atoms with Crippen molar-refractivity contribution in [3.63, 3.8) is 0 Å². The second-order valence-electron chi connectivity index (χ2n) is 4.14. The summed E-state index contributed by atoms with van der Waals surface area (Å²) in [6.07, 6.45) is 0. The SMILES string of the molecule is COCC(C)NC(=O)Nc1cc(OC)c(OC)cc1Br. The Morgan fingerprint density at radius 1 is 1.25 bits per heavy atom. The van der Waals surface area contributed by atoms with Crippen LogP contribution >= 0.6 is 15.9 Å².